The van der Waals surface area contributed by atoms with Gasteiger partial charge >= 0.3 is 0 Å². The van der Waals surface area contributed by atoms with Gasteiger partial charge in [0.1, 0.15) is 0 Å². The Bertz CT molecular complexity index is 78.5. The molecule has 0 heterocycles. The van der Waals surface area contributed by atoms with Gasteiger partial charge < -0.3 is 4.74 Å². The molecule has 0 saturated carbocycles. The Morgan fingerprint density at radius 2 is 2.50 bits per heavy atom. The van der Waals surface area contributed by atoms with Gasteiger partial charge in [-0.3, -0.25) is 0 Å². The summed E-state index contributed by atoms with van der Waals surface area (Å²) in [4.78, 5) is 0.906. The highest BCUT2D eigenvalue weighted by Crippen LogP contribution is 1.96. The smallest absolute Gasteiger partial charge is 0.0918 e. The molecule has 1 nitrogen and oxygen atoms in total. The summed E-state index contributed by atoms with van der Waals surface area (Å²) in [5.41, 5.74) is 0. The molecule has 0 bridgehead atoms. The van der Waals surface area contributed by atoms with Crippen molar-refractivity contribution in [1.29, 1.82) is 0 Å². The standard InChI is InChI=1S/C5H11OPS/c1-5(8)4-6-2-3-7/h4,8H,2-3,7H2,1H3. The second-order valence-electron chi connectivity index (χ2n) is 1.42. The quantitative estimate of drug-likeness (QED) is 0.278. The van der Waals surface area contributed by atoms with Gasteiger partial charge in [-0.05, 0) is 13.1 Å². The van der Waals surface area contributed by atoms with E-state index in [1.807, 2.05) is 6.92 Å². The van der Waals surface area contributed by atoms with Gasteiger partial charge in [-0.1, -0.05) is 0 Å². The molecule has 0 aliphatic heterocycles. The molecule has 0 rings (SSSR count). The highest BCUT2D eigenvalue weighted by atomic mass is 32.1. The lowest BCUT2D eigenvalue weighted by atomic mass is 10.7. The fourth-order valence-electron chi connectivity index (χ4n) is 0.248. The van der Waals surface area contributed by atoms with E-state index in [0.29, 0.717) is 0 Å². The van der Waals surface area contributed by atoms with Crippen molar-refractivity contribution in [2.75, 3.05) is 12.8 Å². The first kappa shape index (κ1) is 8.32. The topological polar surface area (TPSA) is 9.23 Å². The van der Waals surface area contributed by atoms with Gasteiger partial charge in [0.2, 0.25) is 0 Å². The maximum Gasteiger partial charge on any atom is 0.0918 e. The number of thiol groups is 1. The van der Waals surface area contributed by atoms with Crippen LogP contribution < -0.4 is 0 Å². The predicted octanol–water partition coefficient (Wildman–Crippen LogP) is 1.67. The molecular formula is C5H11OPS. The molecule has 1 unspecified atom stereocenters. The second kappa shape index (κ2) is 5.46. The number of ether oxygens (including phenoxy) is 1. The van der Waals surface area contributed by atoms with Crippen LogP contribution in [0.2, 0.25) is 0 Å². The van der Waals surface area contributed by atoms with E-state index in [1.165, 1.54) is 0 Å². The molecule has 8 heavy (non-hydrogen) atoms. The van der Waals surface area contributed by atoms with E-state index in [9.17, 15) is 0 Å². The Morgan fingerprint density at radius 1 is 1.88 bits per heavy atom. The molecule has 48 valence electrons. The third kappa shape index (κ3) is 6.32. The summed E-state index contributed by atoms with van der Waals surface area (Å²) in [6.45, 7) is 2.63. The average Bonchev–Trinajstić information content (AvgIpc) is 1.66. The average molecular weight is 150 g/mol. The Kier molecular flexibility index (Phi) is 5.67. The van der Waals surface area contributed by atoms with E-state index in [4.69, 9.17) is 4.74 Å². The van der Waals surface area contributed by atoms with Crippen LogP contribution in [0.4, 0.5) is 0 Å². The summed E-state index contributed by atoms with van der Waals surface area (Å²) < 4.78 is 4.98. The van der Waals surface area contributed by atoms with Gasteiger partial charge in [0.05, 0.1) is 12.9 Å². The molecule has 1 atom stereocenters. The van der Waals surface area contributed by atoms with Crippen molar-refractivity contribution < 1.29 is 4.74 Å². The van der Waals surface area contributed by atoms with Crippen LogP contribution in [0.1, 0.15) is 6.92 Å². The van der Waals surface area contributed by atoms with E-state index in [-0.39, 0.29) is 0 Å². The molecule has 0 aliphatic rings. The third-order valence-corrected chi connectivity index (χ3v) is 0.831. The van der Waals surface area contributed by atoms with Crippen LogP contribution in [-0.2, 0) is 4.74 Å². The molecular weight excluding hydrogens is 139 g/mol. The van der Waals surface area contributed by atoms with E-state index in [1.54, 1.807) is 6.26 Å². The zero-order valence-corrected chi connectivity index (χ0v) is 6.97. The normalized spacial score (nSPS) is 11.6. The summed E-state index contributed by atoms with van der Waals surface area (Å²) in [6.07, 6.45) is 2.62. The molecule has 0 fully saturated rings. The van der Waals surface area contributed by atoms with Crippen molar-refractivity contribution in [2.24, 2.45) is 0 Å². The molecule has 0 aromatic carbocycles. The Balaban J connectivity index is 3.03. The van der Waals surface area contributed by atoms with Crippen LogP contribution in [0.15, 0.2) is 11.2 Å². The lowest BCUT2D eigenvalue weighted by Gasteiger charge is -1.94. The minimum Gasteiger partial charge on any atom is -0.500 e. The van der Waals surface area contributed by atoms with Crippen molar-refractivity contribution >= 4 is 21.9 Å². The SMILES string of the molecule is CC(S)=COCCP. The summed E-state index contributed by atoms with van der Waals surface area (Å²) in [6, 6.07) is 0. The van der Waals surface area contributed by atoms with Crippen molar-refractivity contribution in [3.8, 4) is 0 Å². The first-order valence-electron chi connectivity index (χ1n) is 2.44. The maximum atomic E-state index is 4.98. The van der Waals surface area contributed by atoms with Crippen LogP contribution >= 0.6 is 21.9 Å². The number of allylic oxidation sites excluding steroid dienone is 1. The summed E-state index contributed by atoms with van der Waals surface area (Å²) >= 11 is 4.00. The Morgan fingerprint density at radius 3 is 2.88 bits per heavy atom. The van der Waals surface area contributed by atoms with Crippen LogP contribution in [0.3, 0.4) is 0 Å². The van der Waals surface area contributed by atoms with Crippen molar-refractivity contribution in [1.82, 2.24) is 0 Å². The fourth-order valence-corrected chi connectivity index (χ4v) is 0.458. The minimum atomic E-state index is 0.753. The lowest BCUT2D eigenvalue weighted by molar-refractivity contribution is 0.271. The molecule has 0 radical (unpaired) electrons. The van der Waals surface area contributed by atoms with Crippen LogP contribution in [0.25, 0.3) is 0 Å². The predicted molar refractivity (Wildman–Crippen MR) is 43.3 cm³/mol. The molecule has 0 N–H and O–H groups in total. The van der Waals surface area contributed by atoms with Crippen molar-refractivity contribution in [3.05, 3.63) is 11.2 Å². The third-order valence-electron chi connectivity index (χ3n) is 0.490. The molecule has 0 aromatic rings. The van der Waals surface area contributed by atoms with Gasteiger partial charge in [0, 0.05) is 4.91 Å². The highest BCUT2D eigenvalue weighted by Gasteiger charge is 1.76. The van der Waals surface area contributed by atoms with Crippen LogP contribution in [-0.4, -0.2) is 12.8 Å². The molecule has 0 saturated heterocycles. The van der Waals surface area contributed by atoms with E-state index in [0.717, 1.165) is 17.7 Å². The van der Waals surface area contributed by atoms with E-state index >= 15 is 0 Å². The largest absolute Gasteiger partial charge is 0.500 e. The minimum absolute atomic E-state index is 0.753. The first-order valence-corrected chi connectivity index (χ1v) is 3.71. The fraction of sp³-hybridized carbons (Fsp3) is 0.600. The lowest BCUT2D eigenvalue weighted by Crippen LogP contribution is -1.85. The van der Waals surface area contributed by atoms with Crippen molar-refractivity contribution in [2.45, 2.75) is 6.92 Å². The number of hydrogen-bond donors (Lipinski definition) is 1. The van der Waals surface area contributed by atoms with Gasteiger partial charge in [0.15, 0.2) is 0 Å². The zero-order valence-electron chi connectivity index (χ0n) is 4.92. The first-order chi connectivity index (χ1) is 3.77. The van der Waals surface area contributed by atoms with Gasteiger partial charge in [-0.15, -0.1) is 21.9 Å². The summed E-state index contributed by atoms with van der Waals surface area (Å²) in [5.74, 6) is 0. The molecule has 0 aromatic heterocycles. The maximum absolute atomic E-state index is 4.98. The molecule has 0 aliphatic carbocycles. The van der Waals surface area contributed by atoms with Gasteiger partial charge in [-0.2, -0.15) is 0 Å². The summed E-state index contributed by atoms with van der Waals surface area (Å²) in [5, 5.41) is 0. The summed E-state index contributed by atoms with van der Waals surface area (Å²) in [7, 11) is 2.58. The second-order valence-corrected chi connectivity index (χ2v) is 2.70. The molecule has 3 heteroatoms. The molecule has 0 amide bonds. The number of rotatable bonds is 3. The number of hydrogen-bond acceptors (Lipinski definition) is 2. The van der Waals surface area contributed by atoms with Crippen LogP contribution in [0, 0.1) is 0 Å². The highest BCUT2D eigenvalue weighted by molar-refractivity contribution is 7.84. The molecule has 0 spiro atoms. The Hall–Kier alpha value is 0.320. The van der Waals surface area contributed by atoms with E-state index < -0.39 is 0 Å². The van der Waals surface area contributed by atoms with Crippen molar-refractivity contribution in [3.63, 3.8) is 0 Å². The zero-order chi connectivity index (χ0) is 6.41. The van der Waals surface area contributed by atoms with Gasteiger partial charge in [0.25, 0.3) is 0 Å². The Labute approximate surface area is 58.1 Å². The van der Waals surface area contributed by atoms with Crippen LogP contribution in [0.5, 0.6) is 0 Å². The monoisotopic (exact) mass is 150 g/mol. The van der Waals surface area contributed by atoms with E-state index in [2.05, 4.69) is 21.9 Å². The van der Waals surface area contributed by atoms with Gasteiger partial charge in [-0.25, -0.2) is 0 Å².